The third-order valence-corrected chi connectivity index (χ3v) is 6.42. The van der Waals surface area contributed by atoms with E-state index in [1.165, 1.54) is 0 Å². The highest BCUT2D eigenvalue weighted by atomic mass is 32.1. The van der Waals surface area contributed by atoms with Gasteiger partial charge in [-0.1, -0.05) is 31.0 Å². The van der Waals surface area contributed by atoms with E-state index in [0.717, 1.165) is 41.9 Å². The van der Waals surface area contributed by atoms with Crippen molar-refractivity contribution in [2.45, 2.75) is 44.3 Å². The van der Waals surface area contributed by atoms with E-state index < -0.39 is 6.04 Å². The van der Waals surface area contributed by atoms with Gasteiger partial charge in [0.2, 0.25) is 5.91 Å². The maximum atomic E-state index is 13.5. The lowest BCUT2D eigenvalue weighted by Gasteiger charge is -2.42. The number of thiophene rings is 1. The Morgan fingerprint density at radius 1 is 1.11 bits per heavy atom. The molecule has 1 aliphatic carbocycles. The zero-order valence-electron chi connectivity index (χ0n) is 15.5. The molecule has 142 valence electrons. The van der Waals surface area contributed by atoms with E-state index in [2.05, 4.69) is 0 Å². The summed E-state index contributed by atoms with van der Waals surface area (Å²) in [6, 6.07) is 11.1. The summed E-state index contributed by atoms with van der Waals surface area (Å²) in [5.74, 6) is 0.810. The van der Waals surface area contributed by atoms with E-state index in [1.807, 2.05) is 46.7 Å². The summed E-state index contributed by atoms with van der Waals surface area (Å²) in [5.41, 5.74) is 0.841. The van der Waals surface area contributed by atoms with Crippen LogP contribution in [0, 0.1) is 0 Å². The van der Waals surface area contributed by atoms with Gasteiger partial charge >= 0.3 is 0 Å². The number of nitrogens with zero attached hydrogens (tertiary/aromatic N) is 2. The van der Waals surface area contributed by atoms with Crippen LogP contribution in [0.2, 0.25) is 0 Å². The minimum Gasteiger partial charge on any atom is -0.497 e. The van der Waals surface area contributed by atoms with Crippen LogP contribution >= 0.6 is 11.3 Å². The smallest absolute Gasteiger partial charge is 0.250 e. The van der Waals surface area contributed by atoms with Crippen molar-refractivity contribution < 1.29 is 14.3 Å². The number of carbonyl (C=O) groups excluding carboxylic acids is 2. The second kappa shape index (κ2) is 7.72. The number of ether oxygens (including phenoxy) is 1. The molecule has 2 aromatic rings. The van der Waals surface area contributed by atoms with E-state index in [9.17, 15) is 9.59 Å². The summed E-state index contributed by atoms with van der Waals surface area (Å²) in [5, 5.41) is 2.00. The molecule has 5 nitrogen and oxygen atoms in total. The molecule has 6 heteroatoms. The minimum atomic E-state index is -0.570. The number of amides is 2. The fourth-order valence-corrected chi connectivity index (χ4v) is 4.84. The molecule has 0 radical (unpaired) electrons. The van der Waals surface area contributed by atoms with E-state index in [0.29, 0.717) is 6.54 Å². The van der Waals surface area contributed by atoms with Crippen LogP contribution in [0.3, 0.4) is 0 Å². The zero-order chi connectivity index (χ0) is 18.8. The fourth-order valence-electron chi connectivity index (χ4n) is 4.13. The summed E-state index contributed by atoms with van der Waals surface area (Å²) in [7, 11) is 1.62. The van der Waals surface area contributed by atoms with Gasteiger partial charge in [0.15, 0.2) is 0 Å². The van der Waals surface area contributed by atoms with Gasteiger partial charge in [-0.05, 0) is 42.0 Å². The zero-order valence-corrected chi connectivity index (χ0v) is 16.3. The molecule has 1 saturated carbocycles. The van der Waals surface area contributed by atoms with Crippen LogP contribution in [0.5, 0.6) is 5.75 Å². The van der Waals surface area contributed by atoms with Crippen LogP contribution < -0.4 is 4.74 Å². The van der Waals surface area contributed by atoms with Crippen molar-refractivity contribution >= 4 is 23.2 Å². The molecule has 1 saturated heterocycles. The number of hydrogen-bond acceptors (Lipinski definition) is 4. The number of carbonyl (C=O) groups is 2. The molecule has 27 heavy (non-hydrogen) atoms. The molecule has 2 fully saturated rings. The first-order valence-electron chi connectivity index (χ1n) is 9.43. The van der Waals surface area contributed by atoms with Crippen molar-refractivity contribution in [2.24, 2.45) is 0 Å². The van der Waals surface area contributed by atoms with Crippen molar-refractivity contribution in [3.63, 3.8) is 0 Å². The van der Waals surface area contributed by atoms with Gasteiger partial charge in [0.1, 0.15) is 18.3 Å². The Balaban J connectivity index is 1.67. The van der Waals surface area contributed by atoms with Crippen LogP contribution in [0.4, 0.5) is 0 Å². The van der Waals surface area contributed by atoms with Crippen molar-refractivity contribution in [1.29, 1.82) is 0 Å². The Bertz CT molecular complexity index is 797. The molecule has 2 heterocycles. The molecule has 4 rings (SSSR count). The van der Waals surface area contributed by atoms with Gasteiger partial charge in [0.25, 0.3) is 5.91 Å². The van der Waals surface area contributed by atoms with Gasteiger partial charge < -0.3 is 14.5 Å². The first kappa shape index (κ1) is 18.0. The first-order valence-corrected chi connectivity index (χ1v) is 10.3. The third kappa shape index (κ3) is 3.58. The lowest BCUT2D eigenvalue weighted by atomic mass is 9.99. The van der Waals surface area contributed by atoms with Crippen LogP contribution in [-0.4, -0.2) is 41.3 Å². The predicted molar refractivity (Wildman–Crippen MR) is 105 cm³/mol. The van der Waals surface area contributed by atoms with E-state index in [4.69, 9.17) is 4.74 Å². The third-order valence-electron chi connectivity index (χ3n) is 5.56. The largest absolute Gasteiger partial charge is 0.497 e. The number of methoxy groups -OCH3 is 1. The molecule has 1 unspecified atom stereocenters. The summed E-state index contributed by atoms with van der Waals surface area (Å²) >= 11 is 1.61. The highest BCUT2D eigenvalue weighted by Gasteiger charge is 2.43. The Morgan fingerprint density at radius 3 is 2.48 bits per heavy atom. The quantitative estimate of drug-likeness (QED) is 0.791. The van der Waals surface area contributed by atoms with Gasteiger partial charge in [0, 0.05) is 10.9 Å². The number of benzene rings is 1. The summed E-state index contributed by atoms with van der Waals surface area (Å²) in [6.07, 6.45) is 4.27. The lowest BCUT2D eigenvalue weighted by molar-refractivity contribution is -0.159. The molecule has 1 aromatic heterocycles. The Hall–Kier alpha value is -2.34. The topological polar surface area (TPSA) is 49.9 Å². The van der Waals surface area contributed by atoms with E-state index in [-0.39, 0.29) is 24.4 Å². The maximum Gasteiger partial charge on any atom is 0.250 e. The van der Waals surface area contributed by atoms with Gasteiger partial charge in [0.05, 0.1) is 13.7 Å². The average molecular weight is 385 g/mol. The van der Waals surface area contributed by atoms with Gasteiger partial charge in [-0.15, -0.1) is 11.3 Å². The van der Waals surface area contributed by atoms with Crippen molar-refractivity contribution in [2.75, 3.05) is 13.7 Å². The maximum absolute atomic E-state index is 13.5. The van der Waals surface area contributed by atoms with Gasteiger partial charge in [-0.2, -0.15) is 0 Å². The van der Waals surface area contributed by atoms with E-state index in [1.54, 1.807) is 23.3 Å². The molecule has 0 N–H and O–H groups in total. The molecule has 0 spiro atoms. The monoisotopic (exact) mass is 384 g/mol. The molecule has 2 amide bonds. The molecule has 2 aliphatic rings. The minimum absolute atomic E-state index is 0.0238. The Kier molecular flexibility index (Phi) is 5.16. The molecule has 0 bridgehead atoms. The molecule has 1 aliphatic heterocycles. The number of hydrogen-bond donors (Lipinski definition) is 0. The highest BCUT2D eigenvalue weighted by molar-refractivity contribution is 7.09. The van der Waals surface area contributed by atoms with Crippen LogP contribution in [0.25, 0.3) is 0 Å². The van der Waals surface area contributed by atoms with Crippen LogP contribution in [0.15, 0.2) is 41.8 Å². The second-order valence-electron chi connectivity index (χ2n) is 7.18. The van der Waals surface area contributed by atoms with Crippen LogP contribution in [0.1, 0.15) is 42.2 Å². The van der Waals surface area contributed by atoms with Crippen molar-refractivity contribution in [1.82, 2.24) is 9.80 Å². The van der Waals surface area contributed by atoms with Crippen LogP contribution in [-0.2, 0) is 16.1 Å². The van der Waals surface area contributed by atoms with E-state index >= 15 is 0 Å². The van der Waals surface area contributed by atoms with Crippen molar-refractivity contribution in [3.8, 4) is 5.75 Å². The molecular weight excluding hydrogens is 360 g/mol. The predicted octanol–water partition coefficient (Wildman–Crippen LogP) is 3.61. The first-order chi connectivity index (χ1) is 13.2. The Labute approximate surface area is 163 Å². The van der Waals surface area contributed by atoms with Gasteiger partial charge in [-0.25, -0.2) is 0 Å². The molecular formula is C21H24N2O3S. The highest BCUT2D eigenvalue weighted by Crippen LogP contribution is 2.34. The summed E-state index contributed by atoms with van der Waals surface area (Å²) in [4.78, 5) is 31.2. The Morgan fingerprint density at radius 2 is 1.85 bits per heavy atom. The second-order valence-corrected chi connectivity index (χ2v) is 8.21. The summed E-state index contributed by atoms with van der Waals surface area (Å²) in [6.45, 7) is 0.666. The number of piperazine rings is 1. The lowest BCUT2D eigenvalue weighted by Crippen LogP contribution is -2.57. The number of rotatable bonds is 5. The normalized spacial score (nSPS) is 21.1. The van der Waals surface area contributed by atoms with Crippen molar-refractivity contribution in [3.05, 3.63) is 52.2 Å². The SMILES string of the molecule is COc1ccc(C2C(=O)N(C3CCCC3)CC(=O)N2Cc2cccs2)cc1. The molecule has 1 atom stereocenters. The standard InChI is InChI=1S/C21H24N2O3S/c1-26-17-10-8-15(9-11-17)20-21(25)22(16-5-2-3-6-16)14-19(24)23(20)13-18-7-4-12-27-18/h4,7-12,16,20H,2-3,5-6,13-14H2,1H3. The summed E-state index contributed by atoms with van der Waals surface area (Å²) < 4.78 is 5.24. The average Bonchev–Trinajstić information content (AvgIpc) is 3.39. The molecule has 1 aromatic carbocycles. The van der Waals surface area contributed by atoms with Gasteiger partial charge in [-0.3, -0.25) is 9.59 Å². The fraction of sp³-hybridized carbons (Fsp3) is 0.429.